The van der Waals surface area contributed by atoms with Crippen molar-refractivity contribution < 1.29 is 4.79 Å². The maximum absolute atomic E-state index is 12.1. The number of benzene rings is 1. The minimum absolute atomic E-state index is 0.135. The summed E-state index contributed by atoms with van der Waals surface area (Å²) < 4.78 is 1.12. The van der Waals surface area contributed by atoms with Crippen molar-refractivity contribution in [3.8, 4) is 0 Å². The lowest BCUT2D eigenvalue weighted by atomic mass is 10.2. The number of likely N-dealkylation sites (N-methyl/N-ethyl adjacent to an activating group) is 1. The van der Waals surface area contributed by atoms with Crippen LogP contribution in [0.5, 0.6) is 0 Å². The molecule has 1 aromatic carbocycles. The Kier molecular flexibility index (Phi) is 6.17. The average molecular weight is 408 g/mol. The van der Waals surface area contributed by atoms with Crippen molar-refractivity contribution in [1.82, 2.24) is 20.2 Å². The van der Waals surface area contributed by atoms with Gasteiger partial charge in [-0.05, 0) is 36.4 Å². The molecule has 0 aliphatic carbocycles. The first-order valence-electron chi connectivity index (χ1n) is 9.95. The molecule has 0 saturated carbocycles. The Bertz CT molecular complexity index is 957. The summed E-state index contributed by atoms with van der Waals surface area (Å²) in [6.07, 6.45) is 5.14. The summed E-state index contributed by atoms with van der Waals surface area (Å²) in [5.41, 5.74) is 1.95. The van der Waals surface area contributed by atoms with Gasteiger partial charge in [0.15, 0.2) is 0 Å². The summed E-state index contributed by atoms with van der Waals surface area (Å²) in [4.78, 5) is 26.0. The molecule has 0 bridgehead atoms. The van der Waals surface area contributed by atoms with Crippen molar-refractivity contribution in [2.45, 2.75) is 13.5 Å². The van der Waals surface area contributed by atoms with Crippen molar-refractivity contribution in [2.24, 2.45) is 0 Å². The summed E-state index contributed by atoms with van der Waals surface area (Å²) in [6.45, 7) is 7.94. The number of thiazole rings is 1. The van der Waals surface area contributed by atoms with Crippen LogP contribution in [0, 0.1) is 0 Å². The van der Waals surface area contributed by atoms with Crippen LogP contribution in [0.1, 0.15) is 17.5 Å². The van der Waals surface area contributed by atoms with Crippen LogP contribution in [0.25, 0.3) is 16.3 Å². The number of anilines is 1. The van der Waals surface area contributed by atoms with Crippen LogP contribution in [0.2, 0.25) is 0 Å². The normalized spacial score (nSPS) is 15.3. The number of nitrogens with zero attached hydrogens (tertiary/aromatic N) is 4. The number of hydrogen-bond donors (Lipinski definition) is 1. The third-order valence-electron chi connectivity index (χ3n) is 5.11. The summed E-state index contributed by atoms with van der Waals surface area (Å²) in [6, 6.07) is 12.0. The molecule has 1 fully saturated rings. The highest BCUT2D eigenvalue weighted by molar-refractivity contribution is 7.19. The third-order valence-corrected chi connectivity index (χ3v) is 6.11. The molecule has 2 aromatic heterocycles. The second-order valence-corrected chi connectivity index (χ2v) is 8.08. The van der Waals surface area contributed by atoms with Gasteiger partial charge in [-0.15, -0.1) is 11.3 Å². The Labute approximate surface area is 174 Å². The van der Waals surface area contributed by atoms with E-state index in [1.807, 2.05) is 42.6 Å². The van der Waals surface area contributed by atoms with Crippen LogP contribution in [0.3, 0.4) is 0 Å². The van der Waals surface area contributed by atoms with Crippen molar-refractivity contribution >= 4 is 39.4 Å². The van der Waals surface area contributed by atoms with E-state index in [0.717, 1.165) is 59.3 Å². The highest BCUT2D eigenvalue weighted by Crippen LogP contribution is 2.22. The first-order chi connectivity index (χ1) is 14.2. The van der Waals surface area contributed by atoms with E-state index in [0.29, 0.717) is 6.54 Å². The molecule has 0 radical (unpaired) electrons. The number of rotatable bonds is 6. The fraction of sp³-hybridized carbons (Fsp3) is 0.318. The molecule has 3 aromatic rings. The Balaban J connectivity index is 1.28. The van der Waals surface area contributed by atoms with Gasteiger partial charge in [-0.25, -0.2) is 9.97 Å². The van der Waals surface area contributed by atoms with Crippen LogP contribution in [0.15, 0.2) is 48.7 Å². The summed E-state index contributed by atoms with van der Waals surface area (Å²) in [7, 11) is 0. The molecule has 1 aliphatic rings. The van der Waals surface area contributed by atoms with Crippen LogP contribution < -0.4 is 10.2 Å². The van der Waals surface area contributed by atoms with Crippen LogP contribution in [-0.2, 0) is 11.3 Å². The minimum atomic E-state index is -0.135. The molecule has 3 heterocycles. The Morgan fingerprint density at radius 2 is 2.00 bits per heavy atom. The fourth-order valence-electron chi connectivity index (χ4n) is 3.36. The molecule has 0 atom stereocenters. The van der Waals surface area contributed by atoms with Gasteiger partial charge in [-0.1, -0.05) is 25.1 Å². The molecule has 1 N–H and O–H groups in total. The molecule has 6 nitrogen and oxygen atoms in total. The zero-order valence-electron chi connectivity index (χ0n) is 16.5. The van der Waals surface area contributed by atoms with E-state index < -0.39 is 0 Å². The van der Waals surface area contributed by atoms with Gasteiger partial charge in [0.2, 0.25) is 5.91 Å². The van der Waals surface area contributed by atoms with E-state index in [-0.39, 0.29) is 5.91 Å². The molecule has 0 unspecified atom stereocenters. The fourth-order valence-corrected chi connectivity index (χ4v) is 4.23. The van der Waals surface area contributed by atoms with Crippen molar-refractivity contribution in [3.63, 3.8) is 0 Å². The number of amides is 1. The van der Waals surface area contributed by atoms with E-state index >= 15 is 0 Å². The lowest BCUT2D eigenvalue weighted by molar-refractivity contribution is -0.116. The second-order valence-electron chi connectivity index (χ2n) is 7.02. The summed E-state index contributed by atoms with van der Waals surface area (Å²) in [5, 5.41) is 3.74. The Hall–Kier alpha value is -2.77. The van der Waals surface area contributed by atoms with Crippen LogP contribution in [0.4, 0.5) is 5.82 Å². The van der Waals surface area contributed by atoms with Gasteiger partial charge in [0.1, 0.15) is 10.8 Å². The van der Waals surface area contributed by atoms with Crippen LogP contribution in [-0.4, -0.2) is 53.5 Å². The molecule has 0 spiro atoms. The largest absolute Gasteiger partial charge is 0.354 e. The highest BCUT2D eigenvalue weighted by atomic mass is 32.1. The monoisotopic (exact) mass is 407 g/mol. The predicted molar refractivity (Wildman–Crippen MR) is 119 cm³/mol. The number of carbonyl (C=O) groups excluding carboxylic acids is 1. The number of fused-ring (bicyclic) bond motifs is 1. The SMILES string of the molecule is CCN1CCN(c2ccc(CNC(=O)/C=C/c3nc4ccccc4s3)cn2)CC1. The standard InChI is InChI=1S/C22H25N5OS/c1-2-26-11-13-27(14-12-26)20-8-7-17(15-23-20)16-24-21(28)9-10-22-25-18-5-3-4-6-19(18)29-22/h3-10,15H,2,11-14,16H2,1H3,(H,24,28)/b10-9+. The van der Waals surface area contributed by atoms with E-state index in [1.54, 1.807) is 17.4 Å². The summed E-state index contributed by atoms with van der Waals surface area (Å²) >= 11 is 1.57. The van der Waals surface area contributed by atoms with E-state index in [9.17, 15) is 4.79 Å². The number of hydrogen-bond acceptors (Lipinski definition) is 6. The van der Waals surface area contributed by atoms with Gasteiger partial charge in [0.25, 0.3) is 0 Å². The zero-order valence-corrected chi connectivity index (χ0v) is 17.4. The lowest BCUT2D eigenvalue weighted by Gasteiger charge is -2.34. The number of nitrogens with one attached hydrogen (secondary N) is 1. The molecule has 29 heavy (non-hydrogen) atoms. The summed E-state index contributed by atoms with van der Waals surface area (Å²) in [5.74, 6) is 0.871. The maximum atomic E-state index is 12.1. The van der Waals surface area contributed by atoms with E-state index in [1.165, 1.54) is 6.08 Å². The molecule has 4 rings (SSSR count). The van der Waals surface area contributed by atoms with E-state index in [4.69, 9.17) is 0 Å². The highest BCUT2D eigenvalue weighted by Gasteiger charge is 2.16. The number of aromatic nitrogens is 2. The molecular weight excluding hydrogens is 382 g/mol. The van der Waals surface area contributed by atoms with Gasteiger partial charge in [0.05, 0.1) is 10.2 Å². The van der Waals surface area contributed by atoms with Crippen molar-refractivity contribution in [1.29, 1.82) is 0 Å². The van der Waals surface area contributed by atoms with Crippen molar-refractivity contribution in [3.05, 3.63) is 59.2 Å². The van der Waals surface area contributed by atoms with E-state index in [2.05, 4.69) is 32.0 Å². The van der Waals surface area contributed by atoms with Crippen molar-refractivity contribution in [2.75, 3.05) is 37.6 Å². The topological polar surface area (TPSA) is 61.4 Å². The zero-order chi connectivity index (χ0) is 20.1. The predicted octanol–water partition coefficient (Wildman–Crippen LogP) is 3.16. The van der Waals surface area contributed by atoms with Gasteiger partial charge >= 0.3 is 0 Å². The van der Waals surface area contributed by atoms with Crippen LogP contribution >= 0.6 is 11.3 Å². The Morgan fingerprint density at radius 1 is 1.17 bits per heavy atom. The molecule has 1 amide bonds. The van der Waals surface area contributed by atoms with Gasteiger partial charge < -0.3 is 15.1 Å². The molecule has 7 heteroatoms. The van der Waals surface area contributed by atoms with Gasteiger partial charge in [0, 0.05) is 45.0 Å². The molecule has 1 aliphatic heterocycles. The van der Waals surface area contributed by atoms with Gasteiger partial charge in [-0.3, -0.25) is 4.79 Å². The molecular formula is C22H25N5OS. The van der Waals surface area contributed by atoms with Gasteiger partial charge in [-0.2, -0.15) is 0 Å². The lowest BCUT2D eigenvalue weighted by Crippen LogP contribution is -2.46. The Morgan fingerprint density at radius 3 is 2.72 bits per heavy atom. The number of piperazine rings is 1. The first kappa shape index (κ1) is 19.5. The minimum Gasteiger partial charge on any atom is -0.354 e. The average Bonchev–Trinajstić information content (AvgIpc) is 3.20. The third kappa shape index (κ3) is 4.99. The first-order valence-corrected chi connectivity index (χ1v) is 10.8. The quantitative estimate of drug-likeness (QED) is 0.636. The number of carbonyl (C=O) groups is 1. The second kappa shape index (κ2) is 9.15. The number of para-hydroxylation sites is 1. The molecule has 150 valence electrons. The smallest absolute Gasteiger partial charge is 0.244 e. The maximum Gasteiger partial charge on any atom is 0.244 e. The molecule has 1 saturated heterocycles. The number of pyridine rings is 1.